The summed E-state index contributed by atoms with van der Waals surface area (Å²) in [6, 6.07) is 18.1. The Morgan fingerprint density at radius 3 is 2.73 bits per heavy atom. The maximum Gasteiger partial charge on any atom is 0.230 e. The maximum absolute atomic E-state index is 11.7. The first kappa shape index (κ1) is 16.4. The van der Waals surface area contributed by atoms with E-state index in [1.807, 2.05) is 49.4 Å². The van der Waals surface area contributed by atoms with E-state index >= 15 is 0 Å². The molecule has 1 N–H and O–H groups in total. The number of benzene rings is 2. The van der Waals surface area contributed by atoms with Crippen molar-refractivity contribution in [3.8, 4) is 5.75 Å². The summed E-state index contributed by atoms with van der Waals surface area (Å²) in [6.07, 6.45) is 0. The molecule has 0 spiro atoms. The van der Waals surface area contributed by atoms with E-state index in [0.29, 0.717) is 18.9 Å². The minimum Gasteiger partial charge on any atom is -0.492 e. The van der Waals surface area contributed by atoms with E-state index in [4.69, 9.17) is 4.74 Å². The average molecular weight is 315 g/mol. The second-order valence-corrected chi connectivity index (χ2v) is 5.98. The van der Waals surface area contributed by atoms with Crippen molar-refractivity contribution in [1.29, 1.82) is 0 Å². The van der Waals surface area contributed by atoms with Gasteiger partial charge in [0.1, 0.15) is 12.4 Å². The van der Waals surface area contributed by atoms with Crippen molar-refractivity contribution < 1.29 is 9.53 Å². The minimum absolute atomic E-state index is 0.0498. The Morgan fingerprint density at radius 1 is 1.14 bits per heavy atom. The largest absolute Gasteiger partial charge is 0.492 e. The lowest BCUT2D eigenvalue weighted by Crippen LogP contribution is -2.29. The topological polar surface area (TPSA) is 38.3 Å². The van der Waals surface area contributed by atoms with Crippen LogP contribution >= 0.6 is 11.8 Å². The summed E-state index contributed by atoms with van der Waals surface area (Å²) >= 11 is 1.62. The average Bonchev–Trinajstić information content (AvgIpc) is 2.53. The number of thioether (sulfide) groups is 1. The second kappa shape index (κ2) is 9.15. The third kappa shape index (κ3) is 6.22. The molecule has 0 atom stereocenters. The molecule has 0 unspecified atom stereocenters. The highest BCUT2D eigenvalue weighted by Crippen LogP contribution is 2.12. The third-order valence-corrected chi connectivity index (χ3v) is 4.03. The van der Waals surface area contributed by atoms with Crippen molar-refractivity contribution in [3.05, 3.63) is 65.7 Å². The molecule has 0 aliphatic heterocycles. The van der Waals surface area contributed by atoms with E-state index < -0.39 is 0 Å². The molecule has 22 heavy (non-hydrogen) atoms. The molecule has 0 fully saturated rings. The highest BCUT2D eigenvalue weighted by molar-refractivity contribution is 7.99. The van der Waals surface area contributed by atoms with Crippen LogP contribution in [-0.4, -0.2) is 24.8 Å². The minimum atomic E-state index is 0.0498. The van der Waals surface area contributed by atoms with Crippen LogP contribution in [0.1, 0.15) is 11.1 Å². The SMILES string of the molecule is Cc1cccc(OCCNC(=O)CSCc2ccccc2)c1. The van der Waals surface area contributed by atoms with Gasteiger partial charge in [-0.15, -0.1) is 11.8 Å². The molecule has 3 nitrogen and oxygen atoms in total. The van der Waals surface area contributed by atoms with Gasteiger partial charge < -0.3 is 10.1 Å². The smallest absolute Gasteiger partial charge is 0.230 e. The monoisotopic (exact) mass is 315 g/mol. The molecule has 2 rings (SSSR count). The van der Waals surface area contributed by atoms with Crippen molar-refractivity contribution >= 4 is 17.7 Å². The van der Waals surface area contributed by atoms with Crippen molar-refractivity contribution in [2.45, 2.75) is 12.7 Å². The fourth-order valence-electron chi connectivity index (χ4n) is 1.95. The molecule has 0 aliphatic carbocycles. The highest BCUT2D eigenvalue weighted by Gasteiger charge is 2.02. The maximum atomic E-state index is 11.7. The fraction of sp³-hybridized carbons (Fsp3) is 0.278. The summed E-state index contributed by atoms with van der Waals surface area (Å²) < 4.78 is 5.59. The Labute approximate surface area is 136 Å². The lowest BCUT2D eigenvalue weighted by molar-refractivity contribution is -0.118. The Balaban J connectivity index is 1.56. The zero-order chi connectivity index (χ0) is 15.6. The van der Waals surface area contributed by atoms with Crippen molar-refractivity contribution in [1.82, 2.24) is 5.32 Å². The molecule has 2 aromatic rings. The zero-order valence-electron chi connectivity index (χ0n) is 12.7. The lowest BCUT2D eigenvalue weighted by atomic mass is 10.2. The van der Waals surface area contributed by atoms with Gasteiger partial charge in [0.25, 0.3) is 0 Å². The van der Waals surface area contributed by atoms with Crippen LogP contribution < -0.4 is 10.1 Å². The molecular formula is C18H21NO2S. The standard InChI is InChI=1S/C18H21NO2S/c1-15-6-5-9-17(12-15)21-11-10-19-18(20)14-22-13-16-7-3-2-4-8-16/h2-9,12H,10-11,13-14H2,1H3,(H,19,20). The summed E-state index contributed by atoms with van der Waals surface area (Å²) in [6.45, 7) is 3.04. The van der Waals surface area contributed by atoms with Gasteiger partial charge >= 0.3 is 0 Å². The number of rotatable bonds is 8. The Kier molecular flexibility index (Phi) is 6.84. The summed E-state index contributed by atoms with van der Waals surface area (Å²) in [5.41, 5.74) is 2.40. The first-order valence-electron chi connectivity index (χ1n) is 7.32. The van der Waals surface area contributed by atoms with Crippen LogP contribution in [0.4, 0.5) is 0 Å². The number of amides is 1. The predicted molar refractivity (Wildman–Crippen MR) is 92.3 cm³/mol. The molecule has 0 aromatic heterocycles. The first-order valence-corrected chi connectivity index (χ1v) is 8.47. The van der Waals surface area contributed by atoms with E-state index in [1.54, 1.807) is 11.8 Å². The highest BCUT2D eigenvalue weighted by atomic mass is 32.2. The molecule has 4 heteroatoms. The van der Waals surface area contributed by atoms with E-state index in [9.17, 15) is 4.79 Å². The van der Waals surface area contributed by atoms with Gasteiger partial charge in [0.2, 0.25) is 5.91 Å². The van der Waals surface area contributed by atoms with Gasteiger partial charge in [-0.05, 0) is 30.2 Å². The summed E-state index contributed by atoms with van der Waals surface area (Å²) in [5.74, 6) is 2.22. The summed E-state index contributed by atoms with van der Waals surface area (Å²) in [5, 5.41) is 2.87. The van der Waals surface area contributed by atoms with E-state index in [-0.39, 0.29) is 5.91 Å². The number of nitrogens with one attached hydrogen (secondary N) is 1. The van der Waals surface area contributed by atoms with Gasteiger partial charge in [0, 0.05) is 5.75 Å². The first-order chi connectivity index (χ1) is 10.7. The van der Waals surface area contributed by atoms with Crippen LogP contribution in [0, 0.1) is 6.92 Å². The van der Waals surface area contributed by atoms with Crippen LogP contribution in [0.2, 0.25) is 0 Å². The van der Waals surface area contributed by atoms with Crippen molar-refractivity contribution in [3.63, 3.8) is 0 Å². The number of carbonyl (C=O) groups excluding carboxylic acids is 1. The molecule has 116 valence electrons. The van der Waals surface area contributed by atoms with Crippen molar-refractivity contribution in [2.24, 2.45) is 0 Å². The van der Waals surface area contributed by atoms with Gasteiger partial charge in [-0.25, -0.2) is 0 Å². The molecule has 0 saturated heterocycles. The number of aryl methyl sites for hydroxylation is 1. The van der Waals surface area contributed by atoms with Gasteiger partial charge in [0.15, 0.2) is 0 Å². The number of ether oxygens (including phenoxy) is 1. The van der Waals surface area contributed by atoms with Crippen molar-refractivity contribution in [2.75, 3.05) is 18.9 Å². The second-order valence-electron chi connectivity index (χ2n) is 4.99. The Bertz CT molecular complexity index is 587. The number of hydrogen-bond acceptors (Lipinski definition) is 3. The van der Waals surface area contributed by atoms with Gasteiger partial charge in [-0.2, -0.15) is 0 Å². The summed E-state index contributed by atoms with van der Waals surface area (Å²) in [7, 11) is 0. The summed E-state index contributed by atoms with van der Waals surface area (Å²) in [4.78, 5) is 11.7. The van der Waals surface area contributed by atoms with Gasteiger partial charge in [-0.1, -0.05) is 42.5 Å². The van der Waals surface area contributed by atoms with Crippen LogP contribution in [0.15, 0.2) is 54.6 Å². The molecular weight excluding hydrogens is 294 g/mol. The van der Waals surface area contributed by atoms with E-state index in [1.165, 1.54) is 11.1 Å². The van der Waals surface area contributed by atoms with E-state index in [0.717, 1.165) is 11.5 Å². The Hall–Kier alpha value is -1.94. The predicted octanol–water partition coefficient (Wildman–Crippen LogP) is 3.42. The molecule has 0 heterocycles. The van der Waals surface area contributed by atoms with Crippen LogP contribution in [0.3, 0.4) is 0 Å². The molecule has 1 amide bonds. The van der Waals surface area contributed by atoms with Crippen LogP contribution in [-0.2, 0) is 10.5 Å². The molecule has 0 radical (unpaired) electrons. The quantitative estimate of drug-likeness (QED) is 0.759. The van der Waals surface area contributed by atoms with Gasteiger partial charge in [0.05, 0.1) is 12.3 Å². The number of carbonyl (C=O) groups is 1. The fourth-order valence-corrected chi connectivity index (χ4v) is 2.77. The molecule has 0 aliphatic rings. The molecule has 2 aromatic carbocycles. The molecule has 0 saturated carbocycles. The molecule has 0 bridgehead atoms. The van der Waals surface area contributed by atoms with Crippen LogP contribution in [0.5, 0.6) is 5.75 Å². The van der Waals surface area contributed by atoms with Gasteiger partial charge in [-0.3, -0.25) is 4.79 Å². The normalized spacial score (nSPS) is 10.2. The number of hydrogen-bond donors (Lipinski definition) is 1. The Morgan fingerprint density at radius 2 is 1.95 bits per heavy atom. The third-order valence-electron chi connectivity index (χ3n) is 3.03. The zero-order valence-corrected chi connectivity index (χ0v) is 13.6. The van der Waals surface area contributed by atoms with E-state index in [2.05, 4.69) is 17.4 Å². The van der Waals surface area contributed by atoms with Crippen LogP contribution in [0.25, 0.3) is 0 Å². The lowest BCUT2D eigenvalue weighted by Gasteiger charge is -2.08.